The minimum absolute atomic E-state index is 0.275. The smallest absolute Gasteiger partial charge is 0.171 e. The molecule has 0 heterocycles. The SMILES string of the molecule is O=P(c1ccccc1)(c1ccc(C2(c3ccc(P(=O)(c4ccccc4)c4cccc(-c5cc(-c6ccccc6)cc(-c6ccccc6)c5)c4)cc3)CCCCC2)cc1)c1cccc(-c2cc(-c3ccccc3)cc(-c3ccccc3)c2)c1. The van der Waals surface area contributed by atoms with Crippen LogP contribution in [0.3, 0.4) is 0 Å². The highest BCUT2D eigenvalue weighted by Gasteiger charge is 2.38. The van der Waals surface area contributed by atoms with Gasteiger partial charge in [0.15, 0.2) is 14.3 Å². The van der Waals surface area contributed by atoms with Crippen LogP contribution < -0.4 is 31.8 Å². The third-order valence-corrected chi connectivity index (χ3v) is 23.0. The van der Waals surface area contributed by atoms with Crippen LogP contribution in [-0.4, -0.2) is 0 Å². The molecular weight excluding hydrogens is 1030 g/mol. The number of benzene rings is 12. The predicted molar refractivity (Wildman–Crippen MR) is 348 cm³/mol. The average Bonchev–Trinajstić information content (AvgIpc) is 3.66. The first-order valence-corrected chi connectivity index (χ1v) is 32.0. The van der Waals surface area contributed by atoms with Gasteiger partial charge in [-0.15, -0.1) is 0 Å². The van der Waals surface area contributed by atoms with Gasteiger partial charge >= 0.3 is 0 Å². The highest BCUT2D eigenvalue weighted by Crippen LogP contribution is 2.49. The van der Waals surface area contributed by atoms with Crippen LogP contribution in [0, 0.1) is 0 Å². The van der Waals surface area contributed by atoms with Crippen LogP contribution >= 0.6 is 14.3 Å². The van der Waals surface area contributed by atoms with Gasteiger partial charge in [0.1, 0.15) is 0 Å². The third-order valence-electron chi connectivity index (χ3n) is 16.9. The molecule has 12 aromatic rings. The van der Waals surface area contributed by atoms with Gasteiger partial charge in [0.05, 0.1) is 0 Å². The first-order valence-electron chi connectivity index (χ1n) is 28.6. The molecule has 0 saturated heterocycles. The summed E-state index contributed by atoms with van der Waals surface area (Å²) in [7, 11) is -6.78. The van der Waals surface area contributed by atoms with E-state index in [0.717, 1.165) is 124 Å². The molecule has 1 aliphatic rings. The van der Waals surface area contributed by atoms with Crippen LogP contribution in [0.1, 0.15) is 43.2 Å². The summed E-state index contributed by atoms with van der Waals surface area (Å²) in [5.74, 6) is 0. The second-order valence-electron chi connectivity index (χ2n) is 21.8. The van der Waals surface area contributed by atoms with E-state index in [1.165, 1.54) is 17.5 Å². The molecule has 396 valence electrons. The Morgan fingerprint density at radius 2 is 0.451 bits per heavy atom. The lowest BCUT2D eigenvalue weighted by atomic mass is 9.65. The lowest BCUT2D eigenvalue weighted by molar-refractivity contribution is 0.346. The van der Waals surface area contributed by atoms with Gasteiger partial charge in [-0.05, 0) is 139 Å². The summed E-state index contributed by atoms with van der Waals surface area (Å²) in [4.78, 5) is 0. The maximum Gasteiger partial charge on any atom is 0.171 e. The lowest BCUT2D eigenvalue weighted by Gasteiger charge is -2.39. The molecule has 12 aromatic carbocycles. The van der Waals surface area contributed by atoms with Crippen molar-refractivity contribution < 1.29 is 9.13 Å². The van der Waals surface area contributed by atoms with Crippen molar-refractivity contribution in [1.29, 1.82) is 0 Å². The van der Waals surface area contributed by atoms with Crippen molar-refractivity contribution in [2.45, 2.75) is 37.5 Å². The second kappa shape index (κ2) is 22.9. The Morgan fingerprint density at radius 3 is 0.756 bits per heavy atom. The summed E-state index contributed by atoms with van der Waals surface area (Å²) < 4.78 is 32.8. The third kappa shape index (κ3) is 10.2. The second-order valence-corrected chi connectivity index (χ2v) is 27.3. The van der Waals surface area contributed by atoms with E-state index in [1.54, 1.807) is 0 Å². The number of rotatable bonds is 14. The van der Waals surface area contributed by atoms with Crippen LogP contribution in [-0.2, 0) is 14.5 Å². The van der Waals surface area contributed by atoms with Crippen molar-refractivity contribution in [2.24, 2.45) is 0 Å². The molecule has 4 heteroatoms. The Balaban J connectivity index is 0.864. The fourth-order valence-electron chi connectivity index (χ4n) is 12.6. The van der Waals surface area contributed by atoms with Crippen molar-refractivity contribution in [3.05, 3.63) is 327 Å². The van der Waals surface area contributed by atoms with Gasteiger partial charge in [-0.1, -0.05) is 286 Å². The monoisotopic (exact) mass is 1090 g/mol. The lowest BCUT2D eigenvalue weighted by Crippen LogP contribution is -2.32. The van der Waals surface area contributed by atoms with Gasteiger partial charge in [-0.3, -0.25) is 0 Å². The van der Waals surface area contributed by atoms with E-state index in [1.807, 2.05) is 72.8 Å². The minimum Gasteiger partial charge on any atom is -0.309 e. The Kier molecular flexibility index (Phi) is 14.7. The van der Waals surface area contributed by atoms with E-state index in [0.29, 0.717) is 0 Å². The van der Waals surface area contributed by atoms with Crippen molar-refractivity contribution in [3.8, 4) is 66.8 Å². The fraction of sp³-hybridized carbons (Fsp3) is 0.0769. The first kappa shape index (κ1) is 52.5. The van der Waals surface area contributed by atoms with Crippen LogP contribution in [0.15, 0.2) is 315 Å². The molecule has 1 aliphatic carbocycles. The van der Waals surface area contributed by atoms with Gasteiger partial charge in [0.25, 0.3) is 0 Å². The Bertz CT molecular complexity index is 3860. The van der Waals surface area contributed by atoms with Crippen molar-refractivity contribution in [3.63, 3.8) is 0 Å². The minimum atomic E-state index is -3.39. The highest BCUT2D eigenvalue weighted by molar-refractivity contribution is 7.85. The molecule has 0 bridgehead atoms. The van der Waals surface area contributed by atoms with E-state index in [9.17, 15) is 0 Å². The van der Waals surface area contributed by atoms with E-state index in [4.69, 9.17) is 0 Å². The molecule has 0 spiro atoms. The van der Waals surface area contributed by atoms with Crippen LogP contribution in [0.4, 0.5) is 0 Å². The summed E-state index contributed by atoms with van der Waals surface area (Å²) in [6.07, 6.45) is 5.36. The molecule has 1 saturated carbocycles. The topological polar surface area (TPSA) is 34.1 Å². The number of hydrogen-bond donors (Lipinski definition) is 0. The molecule has 0 aliphatic heterocycles. The molecule has 13 rings (SSSR count). The van der Waals surface area contributed by atoms with Gasteiger partial charge < -0.3 is 9.13 Å². The molecule has 2 atom stereocenters. The molecule has 0 radical (unpaired) electrons. The zero-order valence-electron chi connectivity index (χ0n) is 45.8. The highest BCUT2D eigenvalue weighted by atomic mass is 31.2. The van der Waals surface area contributed by atoms with E-state index >= 15 is 9.13 Å². The molecule has 0 N–H and O–H groups in total. The molecule has 2 nitrogen and oxygen atoms in total. The Labute approximate surface area is 483 Å². The largest absolute Gasteiger partial charge is 0.309 e. The Hall–Kier alpha value is -8.90. The first-order chi connectivity index (χ1) is 40.3. The Morgan fingerprint density at radius 1 is 0.207 bits per heavy atom. The molecule has 2 unspecified atom stereocenters. The normalized spacial score (nSPS) is 14.5. The fourth-order valence-corrected chi connectivity index (χ4v) is 17.9. The standard InChI is InChI=1S/C78H62O2P2/c79-81(72-34-16-5-17-35-72,76-38-22-32-62(56-76)68-52-64(58-24-8-1-9-25-58)50-65(53-68)59-26-10-2-11-27-59)74-44-40-70(41-45-74)78(48-20-7-21-49-78)71-42-46-75(47-43-71)82(80,73-36-18-6-19-37-73)77-39-23-33-63(57-77)69-54-66(60-28-12-3-13-29-60)51-67(55-69)61-30-14-4-15-31-61/h1-6,8-19,22-47,50-57H,7,20-21,48-49H2. The van der Waals surface area contributed by atoms with E-state index < -0.39 is 14.3 Å². The van der Waals surface area contributed by atoms with Crippen molar-refractivity contribution in [2.75, 3.05) is 0 Å². The number of hydrogen-bond acceptors (Lipinski definition) is 2. The zero-order chi connectivity index (χ0) is 55.4. The summed E-state index contributed by atoms with van der Waals surface area (Å²) in [5, 5.41) is 4.80. The zero-order valence-corrected chi connectivity index (χ0v) is 47.6. The van der Waals surface area contributed by atoms with Gasteiger partial charge in [-0.2, -0.15) is 0 Å². The summed E-state index contributed by atoms with van der Waals surface area (Å²) in [5.41, 5.74) is 15.4. The maximum absolute atomic E-state index is 16.4. The summed E-state index contributed by atoms with van der Waals surface area (Å²) in [6.45, 7) is 0. The van der Waals surface area contributed by atoms with E-state index in [2.05, 4.69) is 243 Å². The van der Waals surface area contributed by atoms with Gasteiger partial charge in [-0.25, -0.2) is 0 Å². The predicted octanol–water partition coefficient (Wildman–Crippen LogP) is 18.2. The van der Waals surface area contributed by atoms with Gasteiger partial charge in [0, 0.05) is 37.2 Å². The molecular formula is C78H62O2P2. The average molecular weight is 1090 g/mol. The van der Waals surface area contributed by atoms with E-state index in [-0.39, 0.29) is 5.41 Å². The van der Waals surface area contributed by atoms with Crippen LogP contribution in [0.5, 0.6) is 0 Å². The summed E-state index contributed by atoms with van der Waals surface area (Å²) >= 11 is 0. The van der Waals surface area contributed by atoms with Gasteiger partial charge in [0.2, 0.25) is 0 Å². The molecule has 1 fully saturated rings. The molecule has 82 heavy (non-hydrogen) atoms. The maximum atomic E-state index is 16.4. The van der Waals surface area contributed by atoms with Crippen molar-refractivity contribution in [1.82, 2.24) is 0 Å². The van der Waals surface area contributed by atoms with Crippen molar-refractivity contribution >= 4 is 46.1 Å². The molecule has 0 aromatic heterocycles. The quantitative estimate of drug-likeness (QED) is 0.102. The van der Waals surface area contributed by atoms with Crippen LogP contribution in [0.25, 0.3) is 66.8 Å². The van der Waals surface area contributed by atoms with Crippen LogP contribution in [0.2, 0.25) is 0 Å². The summed E-state index contributed by atoms with van der Waals surface area (Å²) in [6, 6.07) is 110. The molecule has 0 amide bonds.